The summed E-state index contributed by atoms with van der Waals surface area (Å²) >= 11 is 0. The highest BCUT2D eigenvalue weighted by atomic mass is 32.2. The number of sulfonamides is 1. The lowest BCUT2D eigenvalue weighted by Crippen LogP contribution is -2.24. The summed E-state index contributed by atoms with van der Waals surface area (Å²) in [5.74, 6) is 0.656. The first-order chi connectivity index (χ1) is 9.60. The second kappa shape index (κ2) is 8.94. The van der Waals surface area contributed by atoms with E-state index in [4.69, 9.17) is 10.5 Å². The normalized spacial score (nSPS) is 11.5. The van der Waals surface area contributed by atoms with Gasteiger partial charge in [-0.3, -0.25) is 0 Å². The third-order valence-corrected chi connectivity index (χ3v) is 4.30. The quantitative estimate of drug-likeness (QED) is 0.646. The molecule has 0 unspecified atom stereocenters. The first kappa shape index (κ1) is 16.9. The summed E-state index contributed by atoms with van der Waals surface area (Å²) in [5.41, 5.74) is 5.37. The van der Waals surface area contributed by atoms with E-state index in [0.717, 1.165) is 25.7 Å². The van der Waals surface area contributed by atoms with Crippen molar-refractivity contribution in [2.75, 3.05) is 19.7 Å². The fourth-order valence-corrected chi connectivity index (χ4v) is 2.73. The third kappa shape index (κ3) is 5.90. The molecule has 5 nitrogen and oxygen atoms in total. The Morgan fingerprint density at radius 2 is 1.85 bits per heavy atom. The fourth-order valence-electron chi connectivity index (χ4n) is 1.65. The molecule has 1 aromatic carbocycles. The predicted octanol–water partition coefficient (Wildman–Crippen LogP) is 1.88. The smallest absolute Gasteiger partial charge is 0.240 e. The lowest BCUT2D eigenvalue weighted by Gasteiger charge is -2.08. The standard InChI is InChI=1S/C14H24N2O3S/c1-2-3-4-11-16-20(17,18)14-8-6-13(7-9-14)19-12-5-10-15/h6-9,16H,2-5,10-12,15H2,1H3. The van der Waals surface area contributed by atoms with Crippen molar-refractivity contribution < 1.29 is 13.2 Å². The Morgan fingerprint density at radius 3 is 2.45 bits per heavy atom. The largest absolute Gasteiger partial charge is 0.494 e. The van der Waals surface area contributed by atoms with Crippen LogP contribution in [0, 0.1) is 0 Å². The number of nitrogens with two attached hydrogens (primary N) is 1. The zero-order chi connectivity index (χ0) is 14.8. The minimum absolute atomic E-state index is 0.264. The van der Waals surface area contributed by atoms with E-state index in [2.05, 4.69) is 11.6 Å². The fraction of sp³-hybridized carbons (Fsp3) is 0.571. The van der Waals surface area contributed by atoms with Gasteiger partial charge in [0.2, 0.25) is 10.0 Å². The van der Waals surface area contributed by atoms with Crippen LogP contribution in [0.3, 0.4) is 0 Å². The molecule has 0 saturated carbocycles. The van der Waals surface area contributed by atoms with Crippen LogP contribution in [0.4, 0.5) is 0 Å². The summed E-state index contributed by atoms with van der Waals surface area (Å²) in [6, 6.07) is 6.44. The number of ether oxygens (including phenoxy) is 1. The van der Waals surface area contributed by atoms with Gasteiger partial charge in [0.15, 0.2) is 0 Å². The highest BCUT2D eigenvalue weighted by Gasteiger charge is 2.12. The molecule has 0 radical (unpaired) electrons. The van der Waals surface area contributed by atoms with E-state index in [-0.39, 0.29) is 4.90 Å². The van der Waals surface area contributed by atoms with Gasteiger partial charge < -0.3 is 10.5 Å². The lowest BCUT2D eigenvalue weighted by atomic mass is 10.3. The monoisotopic (exact) mass is 300 g/mol. The molecule has 0 aliphatic rings. The van der Waals surface area contributed by atoms with Crippen molar-refractivity contribution in [3.8, 4) is 5.75 Å². The van der Waals surface area contributed by atoms with E-state index < -0.39 is 10.0 Å². The molecule has 6 heteroatoms. The Morgan fingerprint density at radius 1 is 1.15 bits per heavy atom. The van der Waals surface area contributed by atoms with E-state index in [0.29, 0.717) is 25.4 Å². The van der Waals surface area contributed by atoms with Crippen LogP contribution in [-0.2, 0) is 10.0 Å². The SMILES string of the molecule is CCCCCNS(=O)(=O)c1ccc(OCCCN)cc1. The molecule has 0 atom stereocenters. The van der Waals surface area contributed by atoms with E-state index in [1.54, 1.807) is 24.3 Å². The summed E-state index contributed by atoms with van der Waals surface area (Å²) in [7, 11) is -3.41. The molecule has 3 N–H and O–H groups in total. The van der Waals surface area contributed by atoms with Crippen LogP contribution < -0.4 is 15.2 Å². The van der Waals surface area contributed by atoms with Gasteiger partial charge in [-0.1, -0.05) is 19.8 Å². The molecule has 1 aromatic rings. The van der Waals surface area contributed by atoms with Crippen LogP contribution >= 0.6 is 0 Å². The number of benzene rings is 1. The zero-order valence-electron chi connectivity index (χ0n) is 12.0. The molecule has 0 aromatic heterocycles. The molecular formula is C14H24N2O3S. The van der Waals surface area contributed by atoms with Gasteiger partial charge in [-0.05, 0) is 43.7 Å². The molecule has 0 bridgehead atoms. The van der Waals surface area contributed by atoms with Crippen LogP contribution in [0.2, 0.25) is 0 Å². The minimum atomic E-state index is -3.41. The van der Waals surface area contributed by atoms with Gasteiger partial charge in [0, 0.05) is 6.54 Å². The van der Waals surface area contributed by atoms with E-state index in [1.165, 1.54) is 0 Å². The minimum Gasteiger partial charge on any atom is -0.494 e. The molecule has 0 spiro atoms. The van der Waals surface area contributed by atoms with E-state index >= 15 is 0 Å². The summed E-state index contributed by atoms with van der Waals surface area (Å²) in [5, 5.41) is 0. The van der Waals surface area contributed by atoms with Crippen LogP contribution in [0.15, 0.2) is 29.2 Å². The molecule has 0 aliphatic carbocycles. The molecule has 1 rings (SSSR count). The van der Waals surface area contributed by atoms with Crippen molar-refractivity contribution in [2.24, 2.45) is 5.73 Å². The summed E-state index contributed by atoms with van der Waals surface area (Å²) in [4.78, 5) is 0.264. The topological polar surface area (TPSA) is 81.4 Å². The van der Waals surface area contributed by atoms with Crippen LogP contribution in [-0.4, -0.2) is 28.1 Å². The third-order valence-electron chi connectivity index (χ3n) is 2.82. The molecule has 0 fully saturated rings. The molecular weight excluding hydrogens is 276 g/mol. The lowest BCUT2D eigenvalue weighted by molar-refractivity contribution is 0.313. The number of unbranched alkanes of at least 4 members (excludes halogenated alkanes) is 2. The van der Waals surface area contributed by atoms with Crippen molar-refractivity contribution in [1.29, 1.82) is 0 Å². The summed E-state index contributed by atoms with van der Waals surface area (Å²) in [6.07, 6.45) is 3.72. The van der Waals surface area contributed by atoms with Gasteiger partial charge in [-0.25, -0.2) is 13.1 Å². The Kier molecular flexibility index (Phi) is 7.58. The molecule has 20 heavy (non-hydrogen) atoms. The van der Waals surface area contributed by atoms with Crippen molar-refractivity contribution in [3.63, 3.8) is 0 Å². The zero-order valence-corrected chi connectivity index (χ0v) is 12.8. The first-order valence-corrected chi connectivity index (χ1v) is 8.51. The summed E-state index contributed by atoms with van der Waals surface area (Å²) < 4.78 is 32.0. The van der Waals surface area contributed by atoms with Gasteiger partial charge in [-0.15, -0.1) is 0 Å². The van der Waals surface area contributed by atoms with Gasteiger partial charge in [-0.2, -0.15) is 0 Å². The number of rotatable bonds is 10. The van der Waals surface area contributed by atoms with Crippen molar-refractivity contribution in [2.45, 2.75) is 37.5 Å². The molecule has 0 heterocycles. The second-order valence-corrected chi connectivity index (χ2v) is 6.33. The van der Waals surface area contributed by atoms with E-state index in [1.807, 2.05) is 0 Å². The highest BCUT2D eigenvalue weighted by molar-refractivity contribution is 7.89. The number of nitrogens with one attached hydrogen (secondary N) is 1. The van der Waals surface area contributed by atoms with Crippen molar-refractivity contribution >= 4 is 10.0 Å². The Labute approximate surface area is 121 Å². The first-order valence-electron chi connectivity index (χ1n) is 7.02. The highest BCUT2D eigenvalue weighted by Crippen LogP contribution is 2.16. The Balaban J connectivity index is 2.53. The summed E-state index contributed by atoms with van der Waals surface area (Å²) in [6.45, 7) is 3.68. The molecule has 0 aliphatic heterocycles. The van der Waals surface area contributed by atoms with Crippen LogP contribution in [0.1, 0.15) is 32.6 Å². The number of hydrogen-bond acceptors (Lipinski definition) is 4. The number of hydrogen-bond donors (Lipinski definition) is 2. The average Bonchev–Trinajstić information content (AvgIpc) is 2.45. The van der Waals surface area contributed by atoms with Gasteiger partial charge >= 0.3 is 0 Å². The molecule has 0 amide bonds. The van der Waals surface area contributed by atoms with Crippen LogP contribution in [0.5, 0.6) is 5.75 Å². The van der Waals surface area contributed by atoms with Gasteiger partial charge in [0.25, 0.3) is 0 Å². The second-order valence-electron chi connectivity index (χ2n) is 4.57. The molecule has 114 valence electrons. The Bertz CT molecular complexity index is 472. The van der Waals surface area contributed by atoms with Crippen molar-refractivity contribution in [1.82, 2.24) is 4.72 Å². The maximum absolute atomic E-state index is 12.0. The van der Waals surface area contributed by atoms with Crippen molar-refractivity contribution in [3.05, 3.63) is 24.3 Å². The van der Waals surface area contributed by atoms with Crippen LogP contribution in [0.25, 0.3) is 0 Å². The average molecular weight is 300 g/mol. The maximum Gasteiger partial charge on any atom is 0.240 e. The predicted molar refractivity (Wildman–Crippen MR) is 80.3 cm³/mol. The van der Waals surface area contributed by atoms with E-state index in [9.17, 15) is 8.42 Å². The van der Waals surface area contributed by atoms with Gasteiger partial charge in [0.05, 0.1) is 11.5 Å². The van der Waals surface area contributed by atoms with Gasteiger partial charge in [0.1, 0.15) is 5.75 Å². The maximum atomic E-state index is 12.0. The molecule has 0 saturated heterocycles. The Hall–Kier alpha value is -1.11.